The molecule has 1 N–H and O–H groups in total. The van der Waals surface area contributed by atoms with Gasteiger partial charge in [0.05, 0.1) is 12.1 Å². The van der Waals surface area contributed by atoms with E-state index in [1.54, 1.807) is 0 Å². The van der Waals surface area contributed by atoms with Crippen molar-refractivity contribution in [2.24, 2.45) is 0 Å². The molecule has 0 bridgehead atoms. The zero-order valence-electron chi connectivity index (χ0n) is 11.7. The summed E-state index contributed by atoms with van der Waals surface area (Å²) in [5, 5.41) is 3.56. The van der Waals surface area contributed by atoms with Crippen LogP contribution in [-0.2, 0) is 4.74 Å². The quantitative estimate of drug-likeness (QED) is 0.922. The van der Waals surface area contributed by atoms with E-state index in [-0.39, 0.29) is 17.4 Å². The van der Waals surface area contributed by atoms with Crippen LogP contribution in [0.25, 0.3) is 0 Å². The van der Waals surface area contributed by atoms with Crippen molar-refractivity contribution in [3.63, 3.8) is 0 Å². The molecule has 3 rings (SSSR count). The van der Waals surface area contributed by atoms with Crippen LogP contribution in [0.15, 0.2) is 0 Å². The number of ether oxygens (including phenoxy) is 1. The van der Waals surface area contributed by atoms with Gasteiger partial charge in [0, 0.05) is 19.7 Å². The summed E-state index contributed by atoms with van der Waals surface area (Å²) in [4.78, 5) is 15.1. The minimum absolute atomic E-state index is 0.170. The standard InChI is InChI=1S/C13H20ClN5O/c1-9-10(5-8-20-9)15-12-16-11(14)17-13(18-12)19-6-3-2-4-7-19/h9-10H,2-8H2,1H3,(H,15,16,17,18). The van der Waals surface area contributed by atoms with E-state index in [1.807, 2.05) is 0 Å². The van der Waals surface area contributed by atoms with Gasteiger partial charge in [-0.3, -0.25) is 0 Å². The highest BCUT2D eigenvalue weighted by Crippen LogP contribution is 2.21. The third-order valence-electron chi connectivity index (χ3n) is 3.93. The molecule has 110 valence electrons. The van der Waals surface area contributed by atoms with Crippen molar-refractivity contribution in [3.05, 3.63) is 5.28 Å². The van der Waals surface area contributed by atoms with Crippen LogP contribution in [0.4, 0.5) is 11.9 Å². The molecule has 2 saturated heterocycles. The monoisotopic (exact) mass is 297 g/mol. The first-order chi connectivity index (χ1) is 9.72. The van der Waals surface area contributed by atoms with Crippen LogP contribution >= 0.6 is 11.6 Å². The Morgan fingerprint density at radius 1 is 1.20 bits per heavy atom. The van der Waals surface area contributed by atoms with Crippen molar-refractivity contribution in [3.8, 4) is 0 Å². The number of nitrogens with zero attached hydrogens (tertiary/aromatic N) is 4. The predicted molar refractivity (Wildman–Crippen MR) is 78.3 cm³/mol. The maximum Gasteiger partial charge on any atom is 0.231 e. The lowest BCUT2D eigenvalue weighted by Gasteiger charge is -2.27. The van der Waals surface area contributed by atoms with E-state index < -0.39 is 0 Å². The van der Waals surface area contributed by atoms with Crippen LogP contribution < -0.4 is 10.2 Å². The lowest BCUT2D eigenvalue weighted by atomic mass is 10.1. The van der Waals surface area contributed by atoms with E-state index in [4.69, 9.17) is 16.3 Å². The molecule has 2 fully saturated rings. The molecule has 2 aliphatic heterocycles. The molecule has 3 heterocycles. The SMILES string of the molecule is CC1OCCC1Nc1nc(Cl)nc(N2CCCCC2)n1. The number of piperidine rings is 1. The second-order valence-corrected chi connectivity index (χ2v) is 5.73. The summed E-state index contributed by atoms with van der Waals surface area (Å²) in [5.41, 5.74) is 0. The van der Waals surface area contributed by atoms with Gasteiger partial charge in [-0.25, -0.2) is 0 Å². The minimum atomic E-state index is 0.170. The highest BCUT2D eigenvalue weighted by Gasteiger charge is 2.25. The number of anilines is 2. The first-order valence-corrected chi connectivity index (χ1v) is 7.65. The van der Waals surface area contributed by atoms with E-state index in [9.17, 15) is 0 Å². The maximum absolute atomic E-state index is 6.03. The van der Waals surface area contributed by atoms with Crippen molar-refractivity contribution in [1.82, 2.24) is 15.0 Å². The first kappa shape index (κ1) is 13.8. The smallest absolute Gasteiger partial charge is 0.231 e. The molecule has 0 aromatic carbocycles. The van der Waals surface area contributed by atoms with E-state index in [0.717, 1.165) is 26.1 Å². The van der Waals surface area contributed by atoms with Crippen LogP contribution in [0.1, 0.15) is 32.6 Å². The molecule has 6 nitrogen and oxygen atoms in total. The van der Waals surface area contributed by atoms with Gasteiger partial charge >= 0.3 is 0 Å². The van der Waals surface area contributed by atoms with Crippen molar-refractivity contribution >= 4 is 23.5 Å². The average Bonchev–Trinajstić information content (AvgIpc) is 2.85. The molecule has 2 atom stereocenters. The Hall–Kier alpha value is -1.14. The first-order valence-electron chi connectivity index (χ1n) is 7.27. The summed E-state index contributed by atoms with van der Waals surface area (Å²) < 4.78 is 5.54. The van der Waals surface area contributed by atoms with Crippen LogP contribution in [-0.4, -0.2) is 46.8 Å². The van der Waals surface area contributed by atoms with Crippen molar-refractivity contribution in [1.29, 1.82) is 0 Å². The Morgan fingerprint density at radius 3 is 2.70 bits per heavy atom. The Morgan fingerprint density at radius 2 is 2.00 bits per heavy atom. The molecule has 0 amide bonds. The molecular weight excluding hydrogens is 278 g/mol. The molecule has 0 saturated carbocycles. The molecule has 0 aliphatic carbocycles. The largest absolute Gasteiger partial charge is 0.376 e. The summed E-state index contributed by atoms with van der Waals surface area (Å²) in [6, 6.07) is 0.239. The molecule has 0 radical (unpaired) electrons. The van der Waals surface area contributed by atoms with Gasteiger partial charge in [-0.1, -0.05) is 0 Å². The molecule has 1 aromatic heterocycles. The third kappa shape index (κ3) is 3.12. The minimum Gasteiger partial charge on any atom is -0.376 e. The number of aromatic nitrogens is 3. The number of hydrogen-bond donors (Lipinski definition) is 1. The Bertz CT molecular complexity index is 466. The molecule has 2 aliphatic rings. The van der Waals surface area contributed by atoms with Crippen LogP contribution in [0.5, 0.6) is 0 Å². The zero-order chi connectivity index (χ0) is 13.9. The van der Waals surface area contributed by atoms with Crippen LogP contribution in [0, 0.1) is 0 Å². The molecule has 0 spiro atoms. The lowest BCUT2D eigenvalue weighted by Crippen LogP contribution is -2.32. The van der Waals surface area contributed by atoms with Gasteiger partial charge < -0.3 is 15.0 Å². The fourth-order valence-electron chi connectivity index (χ4n) is 2.73. The van der Waals surface area contributed by atoms with E-state index in [1.165, 1.54) is 19.3 Å². The highest BCUT2D eigenvalue weighted by molar-refractivity contribution is 6.28. The molecule has 20 heavy (non-hydrogen) atoms. The summed E-state index contributed by atoms with van der Waals surface area (Å²) in [5.74, 6) is 1.23. The normalized spacial score (nSPS) is 26.8. The molecule has 2 unspecified atom stereocenters. The highest BCUT2D eigenvalue weighted by atomic mass is 35.5. The Kier molecular flexibility index (Phi) is 4.21. The van der Waals surface area contributed by atoms with Gasteiger partial charge in [-0.2, -0.15) is 15.0 Å². The molecular formula is C13H20ClN5O. The summed E-state index contributed by atoms with van der Waals surface area (Å²) in [6.07, 6.45) is 4.77. The number of nitrogens with one attached hydrogen (secondary N) is 1. The Balaban J connectivity index is 1.75. The van der Waals surface area contributed by atoms with Gasteiger partial charge in [-0.05, 0) is 44.2 Å². The maximum atomic E-state index is 6.03. The van der Waals surface area contributed by atoms with Crippen molar-refractivity contribution < 1.29 is 4.74 Å². The second-order valence-electron chi connectivity index (χ2n) is 5.39. The van der Waals surface area contributed by atoms with Crippen LogP contribution in [0.3, 0.4) is 0 Å². The van der Waals surface area contributed by atoms with Gasteiger partial charge in [0.15, 0.2) is 0 Å². The molecule has 7 heteroatoms. The van der Waals surface area contributed by atoms with Gasteiger partial charge in [0.25, 0.3) is 0 Å². The number of hydrogen-bond acceptors (Lipinski definition) is 6. The van der Waals surface area contributed by atoms with Gasteiger partial charge in [0.2, 0.25) is 17.2 Å². The van der Waals surface area contributed by atoms with Gasteiger partial charge in [-0.15, -0.1) is 0 Å². The molecule has 1 aromatic rings. The summed E-state index contributed by atoms with van der Waals surface area (Å²) in [6.45, 7) is 4.81. The number of halogens is 1. The average molecular weight is 298 g/mol. The zero-order valence-corrected chi connectivity index (χ0v) is 12.4. The van der Waals surface area contributed by atoms with Gasteiger partial charge in [0.1, 0.15) is 0 Å². The van der Waals surface area contributed by atoms with E-state index >= 15 is 0 Å². The Labute approximate surface area is 123 Å². The fraction of sp³-hybridized carbons (Fsp3) is 0.769. The third-order valence-corrected chi connectivity index (χ3v) is 4.09. The van der Waals surface area contributed by atoms with Crippen LogP contribution in [0.2, 0.25) is 5.28 Å². The second kappa shape index (κ2) is 6.10. The summed E-state index contributed by atoms with van der Waals surface area (Å²) >= 11 is 6.03. The van der Waals surface area contributed by atoms with E-state index in [2.05, 4.69) is 32.1 Å². The topological polar surface area (TPSA) is 63.2 Å². The summed E-state index contributed by atoms with van der Waals surface area (Å²) in [7, 11) is 0. The predicted octanol–water partition coefficient (Wildman–Crippen LogP) is 2.10. The lowest BCUT2D eigenvalue weighted by molar-refractivity contribution is 0.121. The fourth-order valence-corrected chi connectivity index (χ4v) is 2.88. The van der Waals surface area contributed by atoms with Crippen molar-refractivity contribution in [2.75, 3.05) is 29.9 Å². The van der Waals surface area contributed by atoms with Crippen molar-refractivity contribution in [2.45, 2.75) is 44.8 Å². The number of rotatable bonds is 3. The van der Waals surface area contributed by atoms with E-state index in [0.29, 0.717) is 11.9 Å².